The Kier molecular flexibility index (Phi) is 5.80. The van der Waals surface area contributed by atoms with Crippen molar-refractivity contribution in [3.63, 3.8) is 0 Å². The minimum Gasteiger partial charge on any atom is -0.480 e. The number of carboxylic acid groups (broad SMARTS) is 1. The number of aryl methyl sites for hydroxylation is 1. The number of unbranched alkanes of at least 4 members (excludes halogenated alkanes) is 1. The van der Waals surface area contributed by atoms with Crippen LogP contribution in [0.3, 0.4) is 0 Å². The van der Waals surface area contributed by atoms with Gasteiger partial charge in [0.15, 0.2) is 0 Å². The fraction of sp³-hybridized carbons (Fsp3) is 0.600. The molecule has 5 nitrogen and oxygen atoms in total. The molecule has 0 fully saturated rings. The summed E-state index contributed by atoms with van der Waals surface area (Å²) in [5, 5.41) is 11.8. The molecule has 5 heteroatoms. The summed E-state index contributed by atoms with van der Waals surface area (Å²) in [6.45, 7) is 8.63. The van der Waals surface area contributed by atoms with E-state index in [-0.39, 0.29) is 5.91 Å². The molecule has 0 aromatic carbocycles. The van der Waals surface area contributed by atoms with Crippen LogP contribution >= 0.6 is 0 Å². The van der Waals surface area contributed by atoms with Gasteiger partial charge in [0.2, 0.25) is 0 Å². The lowest BCUT2D eigenvalue weighted by molar-refractivity contribution is -0.139. The van der Waals surface area contributed by atoms with Crippen molar-refractivity contribution in [3.8, 4) is 0 Å². The number of rotatable bonds is 7. The van der Waals surface area contributed by atoms with Crippen LogP contribution in [0.1, 0.15) is 54.9 Å². The summed E-state index contributed by atoms with van der Waals surface area (Å²) in [4.78, 5) is 23.4. The molecule has 1 amide bonds. The van der Waals surface area contributed by atoms with Crippen molar-refractivity contribution in [2.45, 2.75) is 59.5 Å². The molecule has 0 radical (unpaired) electrons. The molecule has 112 valence electrons. The number of nitrogens with zero attached hydrogens (tertiary/aromatic N) is 1. The Morgan fingerprint density at radius 2 is 2.00 bits per heavy atom. The standard InChI is InChI=1S/C15H24N2O3/c1-5-7-8-13(15(19)20)16-14(18)12-9-10(3)17(6-2)11(12)4/h9,13H,5-8H2,1-4H3,(H,16,18)(H,19,20)/t13-/m0/s1. The summed E-state index contributed by atoms with van der Waals surface area (Å²) in [5.74, 6) is -1.28. The van der Waals surface area contributed by atoms with Crippen LogP contribution in [0.4, 0.5) is 0 Å². The zero-order valence-electron chi connectivity index (χ0n) is 12.7. The van der Waals surface area contributed by atoms with Crippen molar-refractivity contribution in [3.05, 3.63) is 23.0 Å². The quantitative estimate of drug-likeness (QED) is 0.806. The third kappa shape index (κ3) is 3.62. The minimum absolute atomic E-state index is 0.304. The smallest absolute Gasteiger partial charge is 0.326 e. The van der Waals surface area contributed by atoms with E-state index in [0.717, 1.165) is 30.8 Å². The first-order valence-corrected chi connectivity index (χ1v) is 7.12. The zero-order valence-corrected chi connectivity index (χ0v) is 12.7. The van der Waals surface area contributed by atoms with Crippen LogP contribution in [0, 0.1) is 13.8 Å². The number of hydrogen-bond acceptors (Lipinski definition) is 2. The Morgan fingerprint density at radius 1 is 1.35 bits per heavy atom. The van der Waals surface area contributed by atoms with Crippen LogP contribution in [0.5, 0.6) is 0 Å². The molecular formula is C15H24N2O3. The summed E-state index contributed by atoms with van der Waals surface area (Å²) in [6.07, 6.45) is 2.15. The van der Waals surface area contributed by atoms with Gasteiger partial charge in [-0.25, -0.2) is 4.79 Å². The molecule has 1 aromatic rings. The number of carbonyl (C=O) groups excluding carboxylic acids is 1. The van der Waals surface area contributed by atoms with Gasteiger partial charge in [0.05, 0.1) is 5.56 Å². The number of carbonyl (C=O) groups is 2. The lowest BCUT2D eigenvalue weighted by Gasteiger charge is -2.14. The van der Waals surface area contributed by atoms with E-state index in [1.807, 2.05) is 38.3 Å². The van der Waals surface area contributed by atoms with Crippen molar-refractivity contribution in [1.82, 2.24) is 9.88 Å². The van der Waals surface area contributed by atoms with E-state index < -0.39 is 12.0 Å². The van der Waals surface area contributed by atoms with E-state index >= 15 is 0 Å². The Bertz CT molecular complexity index is 492. The highest BCUT2D eigenvalue weighted by Gasteiger charge is 2.22. The van der Waals surface area contributed by atoms with Gasteiger partial charge in [0.1, 0.15) is 6.04 Å². The molecular weight excluding hydrogens is 256 g/mol. The maximum absolute atomic E-state index is 12.2. The first kappa shape index (κ1) is 16.3. The van der Waals surface area contributed by atoms with Gasteiger partial charge >= 0.3 is 5.97 Å². The second-order valence-electron chi connectivity index (χ2n) is 5.04. The molecule has 0 aliphatic rings. The third-order valence-electron chi connectivity index (χ3n) is 3.58. The lowest BCUT2D eigenvalue weighted by atomic mass is 10.1. The normalized spacial score (nSPS) is 12.2. The lowest BCUT2D eigenvalue weighted by Crippen LogP contribution is -2.40. The summed E-state index contributed by atoms with van der Waals surface area (Å²) < 4.78 is 2.04. The van der Waals surface area contributed by atoms with Crippen LogP contribution in [0.2, 0.25) is 0 Å². The van der Waals surface area contributed by atoms with Gasteiger partial charge in [-0.3, -0.25) is 4.79 Å². The van der Waals surface area contributed by atoms with Crippen LogP contribution in [-0.4, -0.2) is 27.6 Å². The molecule has 20 heavy (non-hydrogen) atoms. The molecule has 0 saturated heterocycles. The van der Waals surface area contributed by atoms with Crippen LogP contribution in [-0.2, 0) is 11.3 Å². The van der Waals surface area contributed by atoms with Crippen molar-refractivity contribution in [2.75, 3.05) is 0 Å². The number of hydrogen-bond donors (Lipinski definition) is 2. The molecule has 0 aliphatic heterocycles. The Hall–Kier alpha value is -1.78. The molecule has 1 aromatic heterocycles. The van der Waals surface area contributed by atoms with E-state index in [1.165, 1.54) is 0 Å². The number of aliphatic carboxylic acids is 1. The first-order valence-electron chi connectivity index (χ1n) is 7.12. The summed E-state index contributed by atoms with van der Waals surface area (Å²) >= 11 is 0. The molecule has 0 aliphatic carbocycles. The van der Waals surface area contributed by atoms with Crippen molar-refractivity contribution < 1.29 is 14.7 Å². The van der Waals surface area contributed by atoms with Crippen LogP contribution in [0.25, 0.3) is 0 Å². The van der Waals surface area contributed by atoms with E-state index in [9.17, 15) is 9.59 Å². The molecule has 1 heterocycles. The van der Waals surface area contributed by atoms with Crippen molar-refractivity contribution >= 4 is 11.9 Å². The Labute approximate surface area is 120 Å². The average Bonchev–Trinajstić information content (AvgIpc) is 2.68. The predicted molar refractivity (Wildman–Crippen MR) is 78.0 cm³/mol. The third-order valence-corrected chi connectivity index (χ3v) is 3.58. The first-order chi connectivity index (χ1) is 9.42. The fourth-order valence-electron chi connectivity index (χ4n) is 2.42. The van der Waals surface area contributed by atoms with E-state index in [1.54, 1.807) is 0 Å². The van der Waals surface area contributed by atoms with Crippen LogP contribution < -0.4 is 5.32 Å². The molecule has 0 spiro atoms. The maximum Gasteiger partial charge on any atom is 0.326 e. The second kappa shape index (κ2) is 7.12. The van der Waals surface area contributed by atoms with Gasteiger partial charge in [-0.05, 0) is 33.3 Å². The molecule has 1 rings (SSSR count). The molecule has 0 unspecified atom stereocenters. The SMILES string of the molecule is CCCC[C@H](NC(=O)c1cc(C)n(CC)c1C)C(=O)O. The van der Waals surface area contributed by atoms with Crippen molar-refractivity contribution in [1.29, 1.82) is 0 Å². The number of amides is 1. The van der Waals surface area contributed by atoms with Gasteiger partial charge in [-0.15, -0.1) is 0 Å². The van der Waals surface area contributed by atoms with Gasteiger partial charge in [-0.1, -0.05) is 19.8 Å². The molecule has 0 saturated carbocycles. The van der Waals surface area contributed by atoms with E-state index in [4.69, 9.17) is 5.11 Å². The fourth-order valence-corrected chi connectivity index (χ4v) is 2.42. The van der Waals surface area contributed by atoms with E-state index in [2.05, 4.69) is 5.32 Å². The van der Waals surface area contributed by atoms with Gasteiger partial charge < -0.3 is 15.0 Å². The summed E-state index contributed by atoms with van der Waals surface area (Å²) in [7, 11) is 0. The largest absolute Gasteiger partial charge is 0.480 e. The highest BCUT2D eigenvalue weighted by atomic mass is 16.4. The highest BCUT2D eigenvalue weighted by molar-refractivity contribution is 5.97. The van der Waals surface area contributed by atoms with Gasteiger partial charge in [0, 0.05) is 17.9 Å². The van der Waals surface area contributed by atoms with Gasteiger partial charge in [0.25, 0.3) is 5.91 Å². The minimum atomic E-state index is -0.976. The molecule has 1 atom stereocenters. The topological polar surface area (TPSA) is 71.3 Å². The average molecular weight is 280 g/mol. The molecule has 0 bridgehead atoms. The number of nitrogens with one attached hydrogen (secondary N) is 1. The molecule has 2 N–H and O–H groups in total. The Morgan fingerprint density at radius 3 is 2.45 bits per heavy atom. The van der Waals surface area contributed by atoms with Gasteiger partial charge in [-0.2, -0.15) is 0 Å². The zero-order chi connectivity index (χ0) is 15.3. The summed E-state index contributed by atoms with van der Waals surface area (Å²) in [5.41, 5.74) is 2.45. The van der Waals surface area contributed by atoms with Crippen LogP contribution in [0.15, 0.2) is 6.07 Å². The number of carboxylic acids is 1. The monoisotopic (exact) mass is 280 g/mol. The predicted octanol–water partition coefficient (Wildman–Crippen LogP) is 2.50. The van der Waals surface area contributed by atoms with Crippen molar-refractivity contribution in [2.24, 2.45) is 0 Å². The second-order valence-corrected chi connectivity index (χ2v) is 5.04. The highest BCUT2D eigenvalue weighted by Crippen LogP contribution is 2.15. The Balaban J connectivity index is 2.86. The number of aromatic nitrogens is 1. The maximum atomic E-state index is 12.2. The van der Waals surface area contributed by atoms with E-state index in [0.29, 0.717) is 12.0 Å². The summed E-state index contributed by atoms with van der Waals surface area (Å²) in [6, 6.07) is 1.000.